The zero-order valence-corrected chi connectivity index (χ0v) is 13.4. The third kappa shape index (κ3) is 18.4. The fourth-order valence-electron chi connectivity index (χ4n) is 0.703. The quantitative estimate of drug-likeness (QED) is 0.864. The minimum atomic E-state index is -4.38. The highest BCUT2D eigenvalue weighted by Crippen LogP contribution is 2.16. The van der Waals surface area contributed by atoms with Crippen molar-refractivity contribution in [3.8, 4) is 5.88 Å². The van der Waals surface area contributed by atoms with Crippen LogP contribution >= 0.6 is 0 Å². The van der Waals surface area contributed by atoms with E-state index in [-0.39, 0.29) is 11.4 Å². The molecule has 0 aliphatic carbocycles. The Kier molecular flexibility index (Phi) is 19.1. The van der Waals surface area contributed by atoms with Crippen LogP contribution in [0, 0.1) is 0 Å². The predicted octanol–water partition coefficient (Wildman–Crippen LogP) is 3.72. The van der Waals surface area contributed by atoms with Crippen molar-refractivity contribution >= 4 is 6.29 Å². The number of ether oxygens (including phenoxy) is 1. The molecule has 0 aliphatic heterocycles. The van der Waals surface area contributed by atoms with Gasteiger partial charge in [-0.25, -0.2) is 4.98 Å². The lowest BCUT2D eigenvalue weighted by Gasteiger charge is -2.07. The Morgan fingerprint density at radius 1 is 1.19 bits per heavy atom. The monoisotopic (exact) mass is 310 g/mol. The summed E-state index contributed by atoms with van der Waals surface area (Å²) in [5, 5.41) is 2.75. The SMILES string of the molecule is CC.CC.CNC.O=Cc1ccc(OCC(F)(F)F)nc1. The molecule has 4 nitrogen and oxygen atoms in total. The van der Waals surface area contributed by atoms with Crippen LogP contribution in [0.3, 0.4) is 0 Å². The average Bonchev–Trinajstić information content (AvgIpc) is 2.50. The molecule has 0 saturated carbocycles. The highest BCUT2D eigenvalue weighted by molar-refractivity contribution is 5.73. The third-order valence-corrected chi connectivity index (χ3v) is 1.28. The molecular formula is C14H25F3N2O2. The van der Waals surface area contributed by atoms with Crippen LogP contribution < -0.4 is 10.1 Å². The van der Waals surface area contributed by atoms with E-state index in [2.05, 4.69) is 15.0 Å². The van der Waals surface area contributed by atoms with E-state index in [1.807, 2.05) is 41.8 Å². The maximum atomic E-state index is 11.7. The van der Waals surface area contributed by atoms with E-state index < -0.39 is 12.8 Å². The highest BCUT2D eigenvalue weighted by Gasteiger charge is 2.28. The highest BCUT2D eigenvalue weighted by atomic mass is 19.4. The minimum Gasteiger partial charge on any atom is -0.468 e. The molecule has 0 fully saturated rings. The lowest BCUT2D eigenvalue weighted by Crippen LogP contribution is -2.19. The molecule has 1 heterocycles. The summed E-state index contributed by atoms with van der Waals surface area (Å²) in [7, 11) is 3.75. The predicted molar refractivity (Wildman–Crippen MR) is 78.9 cm³/mol. The number of hydrogen-bond acceptors (Lipinski definition) is 4. The number of carbonyl (C=O) groups is 1. The lowest BCUT2D eigenvalue weighted by molar-refractivity contribution is -0.154. The molecule has 0 atom stereocenters. The first-order valence-electron chi connectivity index (χ1n) is 6.62. The van der Waals surface area contributed by atoms with Gasteiger partial charge in [-0.3, -0.25) is 4.79 Å². The number of nitrogens with one attached hydrogen (secondary N) is 1. The van der Waals surface area contributed by atoms with Crippen molar-refractivity contribution < 1.29 is 22.7 Å². The number of rotatable bonds is 3. The molecule has 1 aromatic heterocycles. The van der Waals surface area contributed by atoms with Gasteiger partial charge in [0, 0.05) is 17.8 Å². The first kappa shape index (κ1) is 24.4. The Labute approximate surface area is 124 Å². The minimum absolute atomic E-state index is 0.159. The van der Waals surface area contributed by atoms with Crippen LogP contribution in [-0.4, -0.2) is 38.1 Å². The van der Waals surface area contributed by atoms with E-state index in [1.165, 1.54) is 12.1 Å². The van der Waals surface area contributed by atoms with Gasteiger partial charge in [0.1, 0.15) is 0 Å². The molecule has 0 bridgehead atoms. The summed E-state index contributed by atoms with van der Waals surface area (Å²) >= 11 is 0. The Bertz CT molecular complexity index is 328. The van der Waals surface area contributed by atoms with Gasteiger partial charge < -0.3 is 10.1 Å². The summed E-state index contributed by atoms with van der Waals surface area (Å²) in [6, 6.07) is 2.53. The first-order chi connectivity index (χ1) is 9.92. The summed E-state index contributed by atoms with van der Waals surface area (Å²) in [6.07, 6.45) is -2.70. The van der Waals surface area contributed by atoms with E-state index in [0.29, 0.717) is 6.29 Å². The third-order valence-electron chi connectivity index (χ3n) is 1.28. The van der Waals surface area contributed by atoms with Crippen LogP contribution in [0.4, 0.5) is 13.2 Å². The summed E-state index contributed by atoms with van der Waals surface area (Å²) in [6.45, 7) is 6.61. The molecule has 1 N–H and O–H groups in total. The Morgan fingerprint density at radius 3 is 1.95 bits per heavy atom. The molecule has 0 saturated heterocycles. The summed E-state index contributed by atoms with van der Waals surface area (Å²) in [5.41, 5.74) is 0.282. The number of hydrogen-bond donors (Lipinski definition) is 1. The molecule has 1 aromatic rings. The van der Waals surface area contributed by atoms with E-state index in [1.54, 1.807) is 0 Å². The van der Waals surface area contributed by atoms with Crippen molar-refractivity contribution in [1.82, 2.24) is 10.3 Å². The van der Waals surface area contributed by atoms with Crippen molar-refractivity contribution in [2.24, 2.45) is 0 Å². The van der Waals surface area contributed by atoms with E-state index in [4.69, 9.17) is 0 Å². The van der Waals surface area contributed by atoms with Crippen molar-refractivity contribution in [3.63, 3.8) is 0 Å². The fourth-order valence-corrected chi connectivity index (χ4v) is 0.703. The van der Waals surface area contributed by atoms with E-state index in [0.717, 1.165) is 6.20 Å². The van der Waals surface area contributed by atoms with Crippen LogP contribution in [0.5, 0.6) is 5.88 Å². The van der Waals surface area contributed by atoms with E-state index >= 15 is 0 Å². The van der Waals surface area contributed by atoms with Crippen LogP contribution in [0.1, 0.15) is 38.1 Å². The van der Waals surface area contributed by atoms with E-state index in [9.17, 15) is 18.0 Å². The van der Waals surface area contributed by atoms with Crippen molar-refractivity contribution in [1.29, 1.82) is 0 Å². The number of nitrogens with zero attached hydrogens (tertiary/aromatic N) is 1. The van der Waals surface area contributed by atoms with Gasteiger partial charge in [-0.05, 0) is 20.2 Å². The van der Waals surface area contributed by atoms with Gasteiger partial charge >= 0.3 is 6.18 Å². The molecule has 0 spiro atoms. The van der Waals surface area contributed by atoms with Gasteiger partial charge in [-0.1, -0.05) is 27.7 Å². The second-order valence-electron chi connectivity index (χ2n) is 2.95. The molecule has 21 heavy (non-hydrogen) atoms. The maximum absolute atomic E-state index is 11.7. The molecule has 0 amide bonds. The molecular weight excluding hydrogens is 285 g/mol. The molecule has 1 rings (SSSR count). The van der Waals surface area contributed by atoms with Crippen LogP contribution in [0.2, 0.25) is 0 Å². The number of halogens is 3. The van der Waals surface area contributed by atoms with Gasteiger partial charge in [0.15, 0.2) is 12.9 Å². The lowest BCUT2D eigenvalue weighted by atomic mass is 10.3. The Hall–Kier alpha value is -1.63. The van der Waals surface area contributed by atoms with Crippen molar-refractivity contribution in [2.75, 3.05) is 20.7 Å². The second kappa shape index (κ2) is 16.4. The number of alkyl halides is 3. The topological polar surface area (TPSA) is 51.2 Å². The fraction of sp³-hybridized carbons (Fsp3) is 0.571. The van der Waals surface area contributed by atoms with Gasteiger partial charge in [-0.15, -0.1) is 0 Å². The van der Waals surface area contributed by atoms with Crippen LogP contribution in [0.25, 0.3) is 0 Å². The average molecular weight is 310 g/mol. The second-order valence-corrected chi connectivity index (χ2v) is 2.95. The zero-order valence-electron chi connectivity index (χ0n) is 13.4. The normalized spacial score (nSPS) is 8.81. The molecule has 0 radical (unpaired) electrons. The van der Waals surface area contributed by atoms with Gasteiger partial charge in [0.25, 0.3) is 0 Å². The zero-order chi connectivity index (χ0) is 17.3. The Morgan fingerprint density at radius 2 is 1.67 bits per heavy atom. The standard InChI is InChI=1S/C8H6F3NO2.C2H7N.2C2H6/c9-8(10,11)5-14-7-2-1-6(4-13)3-12-7;1-3-2;2*1-2/h1-4H,5H2;3H,1-2H3;2*1-2H3. The number of aromatic nitrogens is 1. The number of carbonyl (C=O) groups excluding carboxylic acids is 1. The number of aldehydes is 1. The summed E-state index contributed by atoms with van der Waals surface area (Å²) in [4.78, 5) is 13.7. The van der Waals surface area contributed by atoms with Crippen LogP contribution in [-0.2, 0) is 0 Å². The van der Waals surface area contributed by atoms with Gasteiger partial charge in [0.05, 0.1) is 0 Å². The van der Waals surface area contributed by atoms with Gasteiger partial charge in [0.2, 0.25) is 5.88 Å². The van der Waals surface area contributed by atoms with Crippen LogP contribution in [0.15, 0.2) is 18.3 Å². The van der Waals surface area contributed by atoms with Crippen molar-refractivity contribution in [3.05, 3.63) is 23.9 Å². The molecule has 0 aromatic carbocycles. The molecule has 124 valence electrons. The smallest absolute Gasteiger partial charge is 0.422 e. The summed E-state index contributed by atoms with van der Waals surface area (Å²) < 4.78 is 39.4. The van der Waals surface area contributed by atoms with Gasteiger partial charge in [-0.2, -0.15) is 13.2 Å². The largest absolute Gasteiger partial charge is 0.468 e. The van der Waals surface area contributed by atoms with Crippen molar-refractivity contribution in [2.45, 2.75) is 33.9 Å². The summed E-state index contributed by atoms with van der Waals surface area (Å²) in [5.74, 6) is -0.159. The first-order valence-corrected chi connectivity index (χ1v) is 6.62. The number of pyridine rings is 1. The molecule has 0 aliphatic rings. The Balaban J connectivity index is -0.000000399. The maximum Gasteiger partial charge on any atom is 0.422 e. The molecule has 0 unspecified atom stereocenters. The molecule has 7 heteroatoms.